The van der Waals surface area contributed by atoms with Crippen molar-refractivity contribution in [1.29, 1.82) is 0 Å². The van der Waals surface area contributed by atoms with Gasteiger partial charge in [0.1, 0.15) is 6.29 Å². The Morgan fingerprint density at radius 1 is 0.636 bits per heavy atom. The standard InChI is InChI=1S/C20H34O2/c1-22-20-12-10-19(11-13-20)18-8-6-17(7-9-18)16-4-2-15(14-21)3-5-16/h14-20H,2-13H2,1H3. The first-order valence-electron chi connectivity index (χ1n) is 9.78. The van der Waals surface area contributed by atoms with Crippen LogP contribution in [0.5, 0.6) is 0 Å². The van der Waals surface area contributed by atoms with E-state index in [4.69, 9.17) is 4.74 Å². The molecule has 3 fully saturated rings. The van der Waals surface area contributed by atoms with Gasteiger partial charge in [-0.2, -0.15) is 0 Å². The number of carbonyl (C=O) groups is 1. The zero-order chi connectivity index (χ0) is 15.4. The van der Waals surface area contributed by atoms with Crippen LogP contribution >= 0.6 is 0 Å². The lowest BCUT2D eigenvalue weighted by Crippen LogP contribution is -2.31. The lowest BCUT2D eigenvalue weighted by molar-refractivity contribution is -0.112. The van der Waals surface area contributed by atoms with Gasteiger partial charge in [0.2, 0.25) is 0 Å². The van der Waals surface area contributed by atoms with Crippen LogP contribution in [0.15, 0.2) is 0 Å². The number of ether oxygens (including phenoxy) is 1. The Morgan fingerprint density at radius 3 is 1.36 bits per heavy atom. The maximum absolute atomic E-state index is 10.9. The predicted octanol–water partition coefficient (Wildman–Crippen LogP) is 5.00. The third-order valence-electron chi connectivity index (χ3n) is 7.21. The molecule has 3 aliphatic rings. The third kappa shape index (κ3) is 3.93. The summed E-state index contributed by atoms with van der Waals surface area (Å²) in [7, 11) is 1.87. The molecule has 3 rings (SSSR count). The van der Waals surface area contributed by atoms with E-state index < -0.39 is 0 Å². The summed E-state index contributed by atoms with van der Waals surface area (Å²) >= 11 is 0. The fourth-order valence-electron chi connectivity index (χ4n) is 5.64. The Morgan fingerprint density at radius 2 is 1.00 bits per heavy atom. The van der Waals surface area contributed by atoms with Gasteiger partial charge in [-0.3, -0.25) is 0 Å². The number of rotatable bonds is 4. The third-order valence-corrected chi connectivity index (χ3v) is 7.21. The number of methoxy groups -OCH3 is 1. The van der Waals surface area contributed by atoms with Crippen LogP contribution in [0.25, 0.3) is 0 Å². The molecule has 2 nitrogen and oxygen atoms in total. The lowest BCUT2D eigenvalue weighted by atomic mass is 9.65. The highest BCUT2D eigenvalue weighted by Crippen LogP contribution is 2.45. The summed E-state index contributed by atoms with van der Waals surface area (Å²) in [5.41, 5.74) is 0. The van der Waals surface area contributed by atoms with Crippen molar-refractivity contribution in [3.8, 4) is 0 Å². The Hall–Kier alpha value is -0.370. The second kappa shape index (κ2) is 7.95. The Labute approximate surface area is 136 Å². The molecule has 0 heterocycles. The molecule has 0 atom stereocenters. The van der Waals surface area contributed by atoms with E-state index >= 15 is 0 Å². The SMILES string of the molecule is COC1CCC(C2CCC(C3CCC(C=O)CC3)CC2)CC1. The molecule has 0 aromatic carbocycles. The molecule has 3 aliphatic carbocycles. The highest BCUT2D eigenvalue weighted by molar-refractivity contribution is 5.53. The molecule has 22 heavy (non-hydrogen) atoms. The summed E-state index contributed by atoms with van der Waals surface area (Å²) in [6.45, 7) is 0. The summed E-state index contributed by atoms with van der Waals surface area (Å²) in [6.07, 6.45) is 18.0. The molecule has 0 unspecified atom stereocenters. The van der Waals surface area contributed by atoms with Crippen LogP contribution in [0.3, 0.4) is 0 Å². The Bertz CT molecular complexity index is 330. The quantitative estimate of drug-likeness (QED) is 0.683. The molecule has 0 aromatic heterocycles. The summed E-state index contributed by atoms with van der Waals surface area (Å²) in [4.78, 5) is 10.9. The summed E-state index contributed by atoms with van der Waals surface area (Å²) < 4.78 is 5.52. The van der Waals surface area contributed by atoms with Gasteiger partial charge in [-0.1, -0.05) is 0 Å². The average Bonchev–Trinajstić information content (AvgIpc) is 2.62. The van der Waals surface area contributed by atoms with E-state index in [0.29, 0.717) is 12.0 Å². The Balaban J connectivity index is 1.40. The fourth-order valence-corrected chi connectivity index (χ4v) is 5.64. The van der Waals surface area contributed by atoms with E-state index in [-0.39, 0.29) is 0 Å². The maximum atomic E-state index is 10.9. The molecule has 2 heteroatoms. The van der Waals surface area contributed by atoms with E-state index in [2.05, 4.69) is 0 Å². The number of hydrogen-bond donors (Lipinski definition) is 0. The van der Waals surface area contributed by atoms with Gasteiger partial charge in [0, 0.05) is 13.0 Å². The first kappa shape index (κ1) is 16.5. The van der Waals surface area contributed by atoms with Crippen LogP contribution in [0.1, 0.15) is 77.0 Å². The second-order valence-electron chi connectivity index (χ2n) is 8.26. The molecule has 0 radical (unpaired) electrons. The predicted molar refractivity (Wildman–Crippen MR) is 89.7 cm³/mol. The number of carbonyl (C=O) groups excluding carboxylic acids is 1. The van der Waals surface area contributed by atoms with Gasteiger partial charge >= 0.3 is 0 Å². The molecule has 0 amide bonds. The zero-order valence-corrected chi connectivity index (χ0v) is 14.3. The molecule has 0 saturated heterocycles. The minimum Gasteiger partial charge on any atom is -0.381 e. The molecule has 0 aliphatic heterocycles. The van der Waals surface area contributed by atoms with Gasteiger partial charge < -0.3 is 9.53 Å². The first-order chi connectivity index (χ1) is 10.8. The lowest BCUT2D eigenvalue weighted by Gasteiger charge is -2.40. The van der Waals surface area contributed by atoms with Crippen molar-refractivity contribution in [2.75, 3.05) is 7.11 Å². The van der Waals surface area contributed by atoms with Gasteiger partial charge in [0.15, 0.2) is 0 Å². The first-order valence-corrected chi connectivity index (χ1v) is 9.78. The molecule has 126 valence electrons. The van der Waals surface area contributed by atoms with Gasteiger partial charge in [0.05, 0.1) is 6.10 Å². The van der Waals surface area contributed by atoms with Crippen LogP contribution in [-0.2, 0) is 9.53 Å². The van der Waals surface area contributed by atoms with Crippen LogP contribution in [0, 0.1) is 29.6 Å². The van der Waals surface area contributed by atoms with Crippen LogP contribution in [0.4, 0.5) is 0 Å². The van der Waals surface area contributed by atoms with Gasteiger partial charge in [-0.15, -0.1) is 0 Å². The van der Waals surface area contributed by atoms with E-state index in [1.807, 2.05) is 7.11 Å². The normalized spacial score (nSPS) is 43.7. The molecular formula is C20H34O2. The van der Waals surface area contributed by atoms with Gasteiger partial charge in [0.25, 0.3) is 0 Å². The highest BCUT2D eigenvalue weighted by Gasteiger charge is 2.34. The Kier molecular flexibility index (Phi) is 5.95. The molecule has 0 N–H and O–H groups in total. The van der Waals surface area contributed by atoms with Crippen LogP contribution in [0.2, 0.25) is 0 Å². The maximum Gasteiger partial charge on any atom is 0.123 e. The molecule has 0 spiro atoms. The van der Waals surface area contributed by atoms with Crippen molar-refractivity contribution in [2.24, 2.45) is 29.6 Å². The van der Waals surface area contributed by atoms with E-state index in [1.54, 1.807) is 0 Å². The molecule has 0 aromatic rings. The van der Waals surface area contributed by atoms with E-state index in [9.17, 15) is 4.79 Å². The summed E-state index contributed by atoms with van der Waals surface area (Å²) in [5.74, 6) is 4.27. The largest absolute Gasteiger partial charge is 0.381 e. The topological polar surface area (TPSA) is 26.3 Å². The van der Waals surface area contributed by atoms with Crippen molar-refractivity contribution in [3.63, 3.8) is 0 Å². The fraction of sp³-hybridized carbons (Fsp3) is 0.950. The van der Waals surface area contributed by atoms with Crippen molar-refractivity contribution in [1.82, 2.24) is 0 Å². The van der Waals surface area contributed by atoms with Gasteiger partial charge in [-0.25, -0.2) is 0 Å². The van der Waals surface area contributed by atoms with E-state index in [0.717, 1.165) is 36.5 Å². The number of hydrogen-bond acceptors (Lipinski definition) is 2. The summed E-state index contributed by atoms with van der Waals surface area (Å²) in [6, 6.07) is 0. The smallest absolute Gasteiger partial charge is 0.123 e. The highest BCUT2D eigenvalue weighted by atomic mass is 16.5. The van der Waals surface area contributed by atoms with Crippen LogP contribution < -0.4 is 0 Å². The van der Waals surface area contributed by atoms with Gasteiger partial charge in [-0.05, 0) is 101 Å². The average molecular weight is 306 g/mol. The van der Waals surface area contributed by atoms with Crippen molar-refractivity contribution in [3.05, 3.63) is 0 Å². The van der Waals surface area contributed by atoms with Crippen molar-refractivity contribution in [2.45, 2.75) is 83.2 Å². The minimum atomic E-state index is 0.378. The number of aldehydes is 1. The molecule has 0 bridgehead atoms. The summed E-state index contributed by atoms with van der Waals surface area (Å²) in [5, 5.41) is 0. The van der Waals surface area contributed by atoms with Crippen molar-refractivity contribution >= 4 is 6.29 Å². The minimum absolute atomic E-state index is 0.378. The zero-order valence-electron chi connectivity index (χ0n) is 14.3. The monoisotopic (exact) mass is 306 g/mol. The molecule has 3 saturated carbocycles. The van der Waals surface area contributed by atoms with Crippen LogP contribution in [-0.4, -0.2) is 19.5 Å². The van der Waals surface area contributed by atoms with Crippen molar-refractivity contribution < 1.29 is 9.53 Å². The van der Waals surface area contributed by atoms with E-state index in [1.165, 1.54) is 70.5 Å². The second-order valence-corrected chi connectivity index (χ2v) is 8.26. The molecular weight excluding hydrogens is 272 g/mol.